The number of nitrogens with one attached hydrogen (secondary N) is 3. The Balaban J connectivity index is 1.33. The fraction of sp³-hybridized carbons (Fsp3) is 0.238. The van der Waals surface area contributed by atoms with Crippen molar-refractivity contribution in [3.8, 4) is 0 Å². The summed E-state index contributed by atoms with van der Waals surface area (Å²) < 4.78 is 15.2. The van der Waals surface area contributed by atoms with Crippen molar-refractivity contribution in [1.29, 1.82) is 0 Å². The molecule has 7 heteroatoms. The lowest BCUT2D eigenvalue weighted by Crippen LogP contribution is -2.34. The van der Waals surface area contributed by atoms with E-state index in [1.165, 1.54) is 17.7 Å². The van der Waals surface area contributed by atoms with Crippen LogP contribution in [0.5, 0.6) is 0 Å². The highest BCUT2D eigenvalue weighted by Crippen LogP contribution is 2.25. The molecule has 1 fully saturated rings. The van der Waals surface area contributed by atoms with E-state index in [1.54, 1.807) is 24.7 Å². The molecule has 1 aliphatic rings. The quantitative estimate of drug-likeness (QED) is 0.614. The molecule has 0 spiro atoms. The zero-order chi connectivity index (χ0) is 19.3. The highest BCUT2D eigenvalue weighted by atomic mass is 19.1. The Hall–Kier alpha value is -3.03. The molecule has 1 saturated heterocycles. The molecule has 1 amide bonds. The van der Waals surface area contributed by atoms with E-state index in [2.05, 4.69) is 33.3 Å². The molecule has 0 aliphatic carbocycles. The van der Waals surface area contributed by atoms with Gasteiger partial charge in [0.2, 0.25) is 5.91 Å². The highest BCUT2D eigenvalue weighted by Gasteiger charge is 2.33. The molecule has 2 heterocycles. The van der Waals surface area contributed by atoms with Crippen molar-refractivity contribution >= 4 is 5.91 Å². The first-order valence-electron chi connectivity index (χ1n) is 9.24. The molecular weight excluding hydrogens is 357 g/mol. The number of hydrogen-bond acceptors (Lipinski definition) is 4. The van der Waals surface area contributed by atoms with Gasteiger partial charge in [0, 0.05) is 32.0 Å². The molecule has 0 bridgehead atoms. The van der Waals surface area contributed by atoms with Gasteiger partial charge in [-0.2, -0.15) is 0 Å². The first kappa shape index (κ1) is 18.3. The zero-order valence-corrected chi connectivity index (χ0v) is 15.3. The van der Waals surface area contributed by atoms with E-state index in [1.807, 2.05) is 22.9 Å². The highest BCUT2D eigenvalue weighted by molar-refractivity contribution is 5.80. The summed E-state index contributed by atoms with van der Waals surface area (Å²) in [5, 5.41) is 3.01. The smallest absolute Gasteiger partial charge is 0.226 e. The number of carbonyl (C=O) groups excluding carboxylic acids is 1. The first-order valence-corrected chi connectivity index (χ1v) is 9.24. The van der Waals surface area contributed by atoms with Gasteiger partial charge in [0.25, 0.3) is 0 Å². The van der Waals surface area contributed by atoms with Crippen LogP contribution < -0.4 is 16.2 Å². The van der Waals surface area contributed by atoms with Gasteiger partial charge in [-0.3, -0.25) is 10.2 Å². The minimum absolute atomic E-state index is 0.0330. The maximum absolute atomic E-state index is 13.2. The number of halogens is 1. The Labute approximate surface area is 162 Å². The topological polar surface area (TPSA) is 71.0 Å². The van der Waals surface area contributed by atoms with Crippen LogP contribution in [0.15, 0.2) is 67.3 Å². The van der Waals surface area contributed by atoms with Crippen LogP contribution in [0.1, 0.15) is 22.7 Å². The molecular formula is C21H22FN5O. The van der Waals surface area contributed by atoms with Gasteiger partial charge >= 0.3 is 0 Å². The summed E-state index contributed by atoms with van der Waals surface area (Å²) in [5.74, 6) is -0.576. The summed E-state index contributed by atoms with van der Waals surface area (Å²) in [7, 11) is 0. The van der Waals surface area contributed by atoms with Crippen molar-refractivity contribution < 1.29 is 9.18 Å². The fourth-order valence-corrected chi connectivity index (χ4v) is 3.40. The number of amides is 1. The molecule has 4 rings (SSSR count). The van der Waals surface area contributed by atoms with E-state index in [-0.39, 0.29) is 23.7 Å². The Morgan fingerprint density at radius 3 is 2.61 bits per heavy atom. The fourth-order valence-electron chi connectivity index (χ4n) is 3.40. The number of hydrogen-bond donors (Lipinski definition) is 3. The Morgan fingerprint density at radius 2 is 1.89 bits per heavy atom. The molecule has 6 nitrogen and oxygen atoms in total. The average Bonchev–Trinajstić information content (AvgIpc) is 3.40. The van der Waals surface area contributed by atoms with Gasteiger partial charge in [-0.15, -0.1) is 0 Å². The SMILES string of the molecule is O=C(NCc1ccc(Cn2ccnc2)cc1)C1CNNC1c1ccc(F)cc1. The van der Waals surface area contributed by atoms with Crippen LogP contribution in [0.4, 0.5) is 4.39 Å². The number of imidazole rings is 1. The van der Waals surface area contributed by atoms with E-state index in [0.717, 1.165) is 17.7 Å². The molecule has 28 heavy (non-hydrogen) atoms. The predicted octanol–water partition coefficient (Wildman–Crippen LogP) is 2.15. The van der Waals surface area contributed by atoms with Crippen LogP contribution in [0.25, 0.3) is 0 Å². The first-order chi connectivity index (χ1) is 13.7. The van der Waals surface area contributed by atoms with E-state index in [0.29, 0.717) is 13.1 Å². The van der Waals surface area contributed by atoms with Gasteiger partial charge in [0.1, 0.15) is 5.82 Å². The van der Waals surface area contributed by atoms with Gasteiger partial charge in [-0.05, 0) is 28.8 Å². The Morgan fingerprint density at radius 1 is 1.14 bits per heavy atom. The summed E-state index contributed by atoms with van der Waals surface area (Å²) in [4.78, 5) is 16.7. The van der Waals surface area contributed by atoms with Gasteiger partial charge in [-0.25, -0.2) is 14.8 Å². The minimum Gasteiger partial charge on any atom is -0.352 e. The van der Waals surface area contributed by atoms with Crippen LogP contribution in [-0.2, 0) is 17.9 Å². The second-order valence-corrected chi connectivity index (χ2v) is 6.93. The third kappa shape index (κ3) is 4.27. The van der Waals surface area contributed by atoms with Crippen LogP contribution in [0.2, 0.25) is 0 Å². The number of benzene rings is 2. The summed E-state index contributed by atoms with van der Waals surface area (Å²) >= 11 is 0. The number of carbonyl (C=O) groups is 1. The van der Waals surface area contributed by atoms with Crippen molar-refractivity contribution in [1.82, 2.24) is 25.7 Å². The normalized spacial score (nSPS) is 18.9. The second-order valence-electron chi connectivity index (χ2n) is 6.93. The van der Waals surface area contributed by atoms with Crippen LogP contribution in [-0.4, -0.2) is 22.0 Å². The van der Waals surface area contributed by atoms with Crippen molar-refractivity contribution in [2.75, 3.05) is 6.54 Å². The molecule has 2 atom stereocenters. The van der Waals surface area contributed by atoms with Crippen molar-refractivity contribution in [2.45, 2.75) is 19.1 Å². The molecule has 0 saturated carbocycles. The van der Waals surface area contributed by atoms with E-state index >= 15 is 0 Å². The second kappa shape index (κ2) is 8.33. The molecule has 144 valence electrons. The summed E-state index contributed by atoms with van der Waals surface area (Å²) in [6.07, 6.45) is 5.47. The average molecular weight is 379 g/mol. The van der Waals surface area contributed by atoms with Gasteiger partial charge in [0.15, 0.2) is 0 Å². The van der Waals surface area contributed by atoms with Gasteiger partial charge < -0.3 is 9.88 Å². The lowest BCUT2D eigenvalue weighted by atomic mass is 9.94. The predicted molar refractivity (Wildman–Crippen MR) is 103 cm³/mol. The number of hydrazine groups is 1. The van der Waals surface area contributed by atoms with Crippen molar-refractivity contribution in [3.63, 3.8) is 0 Å². The Bertz CT molecular complexity index is 909. The largest absolute Gasteiger partial charge is 0.352 e. The third-order valence-corrected chi connectivity index (χ3v) is 4.96. The molecule has 1 aromatic heterocycles. The monoisotopic (exact) mass is 379 g/mol. The van der Waals surface area contributed by atoms with Gasteiger partial charge in [-0.1, -0.05) is 36.4 Å². The molecule has 3 aromatic rings. The number of rotatable bonds is 6. The van der Waals surface area contributed by atoms with E-state index < -0.39 is 0 Å². The van der Waals surface area contributed by atoms with E-state index in [9.17, 15) is 9.18 Å². The maximum Gasteiger partial charge on any atom is 0.226 e. The van der Waals surface area contributed by atoms with E-state index in [4.69, 9.17) is 0 Å². The standard InChI is InChI=1S/C21H22FN5O/c22-18-7-5-17(6-8-18)20-19(12-25-26-20)21(28)24-11-15-1-3-16(4-2-15)13-27-10-9-23-14-27/h1-10,14,19-20,25-26H,11-13H2,(H,24,28). The molecule has 0 radical (unpaired) electrons. The van der Waals surface area contributed by atoms with Crippen LogP contribution >= 0.6 is 0 Å². The Kier molecular flexibility index (Phi) is 5.45. The van der Waals surface area contributed by atoms with Crippen LogP contribution in [0.3, 0.4) is 0 Å². The van der Waals surface area contributed by atoms with Gasteiger partial charge in [0.05, 0.1) is 18.3 Å². The van der Waals surface area contributed by atoms with Crippen LogP contribution in [0, 0.1) is 11.7 Å². The molecule has 2 aromatic carbocycles. The lowest BCUT2D eigenvalue weighted by Gasteiger charge is -2.18. The summed E-state index contributed by atoms with van der Waals surface area (Å²) in [6.45, 7) is 1.76. The maximum atomic E-state index is 13.2. The zero-order valence-electron chi connectivity index (χ0n) is 15.3. The minimum atomic E-state index is -0.285. The molecule has 2 unspecified atom stereocenters. The van der Waals surface area contributed by atoms with Crippen molar-refractivity contribution in [2.24, 2.45) is 5.92 Å². The summed E-state index contributed by atoms with van der Waals surface area (Å²) in [5.41, 5.74) is 9.24. The third-order valence-electron chi connectivity index (χ3n) is 4.96. The number of nitrogens with zero attached hydrogens (tertiary/aromatic N) is 2. The summed E-state index contributed by atoms with van der Waals surface area (Å²) in [6, 6.07) is 14.2. The van der Waals surface area contributed by atoms with Crippen molar-refractivity contribution in [3.05, 3.63) is 89.8 Å². The number of aromatic nitrogens is 2. The molecule has 3 N–H and O–H groups in total. The lowest BCUT2D eigenvalue weighted by molar-refractivity contribution is -0.125. The molecule has 1 aliphatic heterocycles.